The highest BCUT2D eigenvalue weighted by Crippen LogP contribution is 2.21. The molecule has 0 aromatic carbocycles. The summed E-state index contributed by atoms with van der Waals surface area (Å²) in [6, 6.07) is 0.436. The van der Waals surface area contributed by atoms with Crippen LogP contribution in [0.1, 0.15) is 26.0 Å². The Morgan fingerprint density at radius 3 is 3.14 bits per heavy atom. The number of rotatable bonds is 3. The molecule has 2 atom stereocenters. The van der Waals surface area contributed by atoms with Crippen LogP contribution in [0.3, 0.4) is 0 Å². The molecular weight excluding hydrogens is 196 g/mol. The van der Waals surface area contributed by atoms with Crippen molar-refractivity contribution in [2.75, 3.05) is 11.9 Å². The van der Waals surface area contributed by atoms with E-state index in [1.165, 1.54) is 5.69 Å². The second kappa shape index (κ2) is 4.28. The number of aryl methyl sites for hydroxylation is 1. The lowest BCUT2D eigenvalue weighted by atomic mass is 10.2. The summed E-state index contributed by atoms with van der Waals surface area (Å²) in [5.74, 6) is 0. The van der Waals surface area contributed by atoms with Crippen LogP contribution < -0.4 is 5.32 Å². The fourth-order valence-corrected chi connectivity index (χ4v) is 2.47. The summed E-state index contributed by atoms with van der Waals surface area (Å²) in [6.07, 6.45) is 2.40. The number of hydrogen-bond donors (Lipinski definition) is 1. The molecular formula is C10H16N2OS. The van der Waals surface area contributed by atoms with Crippen molar-refractivity contribution in [1.29, 1.82) is 0 Å². The molecule has 1 aromatic rings. The molecule has 1 aliphatic heterocycles. The first kappa shape index (κ1) is 9.93. The molecule has 14 heavy (non-hydrogen) atoms. The molecule has 2 heterocycles. The molecule has 4 heteroatoms. The average molecular weight is 212 g/mol. The minimum Gasteiger partial charge on any atom is -0.376 e. The van der Waals surface area contributed by atoms with Gasteiger partial charge in [0.2, 0.25) is 0 Å². The number of aromatic nitrogens is 1. The molecule has 0 bridgehead atoms. The Balaban J connectivity index is 1.96. The number of anilines is 1. The molecule has 1 saturated heterocycles. The van der Waals surface area contributed by atoms with Gasteiger partial charge in [0, 0.05) is 12.0 Å². The molecule has 0 saturated carbocycles. The highest BCUT2D eigenvalue weighted by molar-refractivity contribution is 7.13. The number of nitrogens with one attached hydrogen (secondary N) is 1. The minimum absolute atomic E-state index is 0.309. The number of thiazole rings is 1. The Morgan fingerprint density at radius 2 is 2.57 bits per heavy atom. The third kappa shape index (κ3) is 2.07. The zero-order valence-corrected chi connectivity index (χ0v) is 9.43. The van der Waals surface area contributed by atoms with Gasteiger partial charge in [0.25, 0.3) is 0 Å². The van der Waals surface area contributed by atoms with E-state index in [2.05, 4.69) is 29.5 Å². The molecule has 0 aliphatic carbocycles. The van der Waals surface area contributed by atoms with E-state index in [0.29, 0.717) is 12.1 Å². The highest BCUT2D eigenvalue weighted by Gasteiger charge is 2.24. The van der Waals surface area contributed by atoms with Crippen LogP contribution in [0.2, 0.25) is 0 Å². The molecule has 0 radical (unpaired) electrons. The van der Waals surface area contributed by atoms with Crippen LogP contribution in [0.25, 0.3) is 0 Å². The van der Waals surface area contributed by atoms with Crippen LogP contribution in [0.15, 0.2) is 5.38 Å². The van der Waals surface area contributed by atoms with E-state index in [-0.39, 0.29) is 0 Å². The van der Waals surface area contributed by atoms with Crippen LogP contribution in [0.5, 0.6) is 0 Å². The molecule has 0 amide bonds. The van der Waals surface area contributed by atoms with Gasteiger partial charge in [-0.25, -0.2) is 4.98 Å². The summed E-state index contributed by atoms with van der Waals surface area (Å²) in [4.78, 5) is 4.48. The van der Waals surface area contributed by atoms with E-state index in [9.17, 15) is 0 Å². The van der Waals surface area contributed by atoms with Gasteiger partial charge in [0.05, 0.1) is 17.8 Å². The van der Waals surface area contributed by atoms with Crippen LogP contribution in [-0.4, -0.2) is 23.7 Å². The third-order valence-electron chi connectivity index (χ3n) is 2.60. The maximum Gasteiger partial charge on any atom is 0.183 e. The van der Waals surface area contributed by atoms with Gasteiger partial charge in [0.15, 0.2) is 5.13 Å². The van der Waals surface area contributed by atoms with E-state index >= 15 is 0 Å². The van der Waals surface area contributed by atoms with Gasteiger partial charge in [-0.2, -0.15) is 0 Å². The number of nitrogens with zero attached hydrogens (tertiary/aromatic N) is 1. The van der Waals surface area contributed by atoms with E-state index in [0.717, 1.165) is 24.6 Å². The maximum absolute atomic E-state index is 5.49. The van der Waals surface area contributed by atoms with Crippen LogP contribution in [-0.2, 0) is 11.2 Å². The standard InChI is InChI=1S/C10H16N2OS/c1-3-8-6-14-10(11-8)12-9-4-5-13-7(9)2/h6-7,9H,3-5H2,1-2H3,(H,11,12). The van der Waals surface area contributed by atoms with E-state index in [1.54, 1.807) is 11.3 Å². The molecule has 78 valence electrons. The van der Waals surface area contributed by atoms with Crippen molar-refractivity contribution in [3.8, 4) is 0 Å². The van der Waals surface area contributed by atoms with Crippen molar-refractivity contribution in [1.82, 2.24) is 4.98 Å². The van der Waals surface area contributed by atoms with Crippen molar-refractivity contribution in [3.05, 3.63) is 11.1 Å². The molecule has 1 aromatic heterocycles. The van der Waals surface area contributed by atoms with Gasteiger partial charge in [0.1, 0.15) is 0 Å². The summed E-state index contributed by atoms with van der Waals surface area (Å²) in [6.45, 7) is 5.10. The first-order valence-corrected chi connectivity index (χ1v) is 6.00. The molecule has 3 nitrogen and oxygen atoms in total. The first-order chi connectivity index (χ1) is 6.79. The largest absolute Gasteiger partial charge is 0.376 e. The third-order valence-corrected chi connectivity index (χ3v) is 3.42. The van der Waals surface area contributed by atoms with E-state index in [1.807, 2.05) is 0 Å². The minimum atomic E-state index is 0.309. The lowest BCUT2D eigenvalue weighted by Gasteiger charge is -2.14. The fraction of sp³-hybridized carbons (Fsp3) is 0.700. The second-order valence-corrected chi connectivity index (χ2v) is 4.47. The van der Waals surface area contributed by atoms with Gasteiger partial charge in [-0.1, -0.05) is 6.92 Å². The number of ether oxygens (including phenoxy) is 1. The lowest BCUT2D eigenvalue weighted by molar-refractivity contribution is 0.121. The SMILES string of the molecule is CCc1csc(NC2CCOC2C)n1. The van der Waals surface area contributed by atoms with Gasteiger partial charge >= 0.3 is 0 Å². The summed E-state index contributed by atoms with van der Waals surface area (Å²) in [5, 5.41) is 6.57. The summed E-state index contributed by atoms with van der Waals surface area (Å²) in [5.41, 5.74) is 1.17. The fourth-order valence-electron chi connectivity index (χ4n) is 1.62. The highest BCUT2D eigenvalue weighted by atomic mass is 32.1. The predicted molar refractivity (Wildman–Crippen MR) is 58.9 cm³/mol. The van der Waals surface area contributed by atoms with Crippen LogP contribution in [0, 0.1) is 0 Å². The van der Waals surface area contributed by atoms with E-state index < -0.39 is 0 Å². The predicted octanol–water partition coefficient (Wildman–Crippen LogP) is 2.29. The molecule has 1 fully saturated rings. The van der Waals surface area contributed by atoms with Crippen molar-refractivity contribution < 1.29 is 4.74 Å². The maximum atomic E-state index is 5.49. The Hall–Kier alpha value is -0.610. The summed E-state index contributed by atoms with van der Waals surface area (Å²) < 4.78 is 5.49. The summed E-state index contributed by atoms with van der Waals surface area (Å²) >= 11 is 1.69. The number of hydrogen-bond acceptors (Lipinski definition) is 4. The average Bonchev–Trinajstić information content (AvgIpc) is 2.77. The Kier molecular flexibility index (Phi) is 3.03. The first-order valence-electron chi connectivity index (χ1n) is 5.12. The Bertz CT molecular complexity index is 300. The zero-order valence-electron chi connectivity index (χ0n) is 8.62. The van der Waals surface area contributed by atoms with Crippen LogP contribution in [0.4, 0.5) is 5.13 Å². The molecule has 0 spiro atoms. The molecule has 1 N–H and O–H groups in total. The Labute approximate surface area is 88.5 Å². The van der Waals surface area contributed by atoms with E-state index in [4.69, 9.17) is 4.74 Å². The molecule has 1 aliphatic rings. The van der Waals surface area contributed by atoms with Gasteiger partial charge in [-0.3, -0.25) is 0 Å². The quantitative estimate of drug-likeness (QED) is 0.834. The van der Waals surface area contributed by atoms with Crippen molar-refractivity contribution in [2.45, 2.75) is 38.8 Å². The lowest BCUT2D eigenvalue weighted by Crippen LogP contribution is -2.26. The Morgan fingerprint density at radius 1 is 1.71 bits per heavy atom. The topological polar surface area (TPSA) is 34.1 Å². The molecule has 2 unspecified atom stereocenters. The summed E-state index contributed by atoms with van der Waals surface area (Å²) in [7, 11) is 0. The second-order valence-electron chi connectivity index (χ2n) is 3.61. The van der Waals surface area contributed by atoms with Crippen molar-refractivity contribution >= 4 is 16.5 Å². The monoisotopic (exact) mass is 212 g/mol. The van der Waals surface area contributed by atoms with Crippen molar-refractivity contribution in [3.63, 3.8) is 0 Å². The van der Waals surface area contributed by atoms with Gasteiger partial charge in [-0.05, 0) is 19.8 Å². The molecule has 2 rings (SSSR count). The smallest absolute Gasteiger partial charge is 0.183 e. The van der Waals surface area contributed by atoms with Gasteiger partial charge in [-0.15, -0.1) is 11.3 Å². The van der Waals surface area contributed by atoms with Crippen LogP contribution >= 0.6 is 11.3 Å². The van der Waals surface area contributed by atoms with Crippen molar-refractivity contribution in [2.24, 2.45) is 0 Å². The van der Waals surface area contributed by atoms with Gasteiger partial charge < -0.3 is 10.1 Å². The zero-order chi connectivity index (χ0) is 9.97. The normalized spacial score (nSPS) is 26.7.